The Bertz CT molecular complexity index is 1120. The maximum atomic E-state index is 13.3. The third-order valence-electron chi connectivity index (χ3n) is 6.95. The smallest absolute Gasteiger partial charge is 0.123 e. The minimum Gasteiger partial charge on any atom is -0.392 e. The molecule has 1 N–H and O–H groups in total. The number of aliphatic hydroxyl groups excluding tert-OH is 1. The van der Waals surface area contributed by atoms with Crippen LogP contribution >= 0.6 is 11.6 Å². The zero-order valence-electron chi connectivity index (χ0n) is 16.9. The molecule has 0 bridgehead atoms. The van der Waals surface area contributed by atoms with Gasteiger partial charge in [0.2, 0.25) is 0 Å². The van der Waals surface area contributed by atoms with Gasteiger partial charge in [-0.2, -0.15) is 5.10 Å². The second kappa shape index (κ2) is 7.36. The van der Waals surface area contributed by atoms with Crippen molar-refractivity contribution < 1.29 is 9.50 Å². The zero-order valence-corrected chi connectivity index (χ0v) is 17.6. The number of aliphatic hydroxyl groups is 1. The van der Waals surface area contributed by atoms with E-state index in [2.05, 4.69) is 18.1 Å². The first-order valence-corrected chi connectivity index (χ1v) is 10.8. The largest absolute Gasteiger partial charge is 0.392 e. The Balaban J connectivity index is 1.44. The Morgan fingerprint density at radius 1 is 1.23 bits per heavy atom. The minimum absolute atomic E-state index is 0.0929. The van der Waals surface area contributed by atoms with Gasteiger partial charge in [-0.05, 0) is 78.1 Å². The van der Waals surface area contributed by atoms with Crippen LogP contribution in [0.1, 0.15) is 36.6 Å². The second-order valence-corrected chi connectivity index (χ2v) is 9.12. The van der Waals surface area contributed by atoms with Crippen LogP contribution in [-0.4, -0.2) is 21.0 Å². The van der Waals surface area contributed by atoms with Crippen molar-refractivity contribution >= 4 is 17.7 Å². The molecule has 3 aromatic rings. The Kier molecular flexibility index (Phi) is 4.79. The van der Waals surface area contributed by atoms with Gasteiger partial charge in [0, 0.05) is 11.4 Å². The van der Waals surface area contributed by atoms with Crippen molar-refractivity contribution in [3.05, 3.63) is 88.0 Å². The molecule has 2 aliphatic rings. The molecule has 1 saturated carbocycles. The van der Waals surface area contributed by atoms with E-state index >= 15 is 0 Å². The van der Waals surface area contributed by atoms with E-state index in [1.807, 2.05) is 35.1 Å². The number of fused-ring (bicyclic) bond motifs is 2. The molecule has 1 fully saturated rings. The molecule has 5 heteroatoms. The molecule has 5 rings (SSSR count). The monoisotopic (exact) mass is 422 g/mol. The summed E-state index contributed by atoms with van der Waals surface area (Å²) in [7, 11) is 0. The summed E-state index contributed by atoms with van der Waals surface area (Å²) < 4.78 is 15.2. The fourth-order valence-corrected chi connectivity index (χ4v) is 5.53. The third kappa shape index (κ3) is 3.19. The van der Waals surface area contributed by atoms with Crippen molar-refractivity contribution in [2.45, 2.75) is 38.7 Å². The van der Waals surface area contributed by atoms with Gasteiger partial charge < -0.3 is 5.11 Å². The first kappa shape index (κ1) is 19.5. The van der Waals surface area contributed by atoms with Crippen molar-refractivity contribution in [3.63, 3.8) is 0 Å². The average molecular weight is 423 g/mol. The maximum absolute atomic E-state index is 13.3. The van der Waals surface area contributed by atoms with Crippen molar-refractivity contribution in [2.24, 2.45) is 11.3 Å². The van der Waals surface area contributed by atoms with E-state index in [-0.39, 0.29) is 17.2 Å². The molecule has 30 heavy (non-hydrogen) atoms. The lowest BCUT2D eigenvalue weighted by molar-refractivity contribution is 0.0566. The van der Waals surface area contributed by atoms with Crippen LogP contribution in [0.15, 0.2) is 60.3 Å². The highest BCUT2D eigenvalue weighted by Gasteiger charge is 2.48. The van der Waals surface area contributed by atoms with Gasteiger partial charge in [-0.25, -0.2) is 9.07 Å². The Morgan fingerprint density at radius 2 is 2.00 bits per heavy atom. The number of halogens is 2. The first-order chi connectivity index (χ1) is 14.5. The molecule has 154 valence electrons. The molecule has 1 heterocycles. The molecule has 1 aromatic heterocycles. The summed E-state index contributed by atoms with van der Waals surface area (Å²) in [5, 5.41) is 16.4. The molecular formula is C25H24ClFN2O. The van der Waals surface area contributed by atoms with E-state index < -0.39 is 6.10 Å². The summed E-state index contributed by atoms with van der Waals surface area (Å²) in [6.07, 6.45) is 7.03. The summed E-state index contributed by atoms with van der Waals surface area (Å²) in [6.45, 7) is 2.27. The van der Waals surface area contributed by atoms with Crippen molar-refractivity contribution in [1.82, 2.24) is 9.78 Å². The van der Waals surface area contributed by atoms with Crippen LogP contribution in [-0.2, 0) is 12.8 Å². The number of hydrogen-bond acceptors (Lipinski definition) is 2. The van der Waals surface area contributed by atoms with E-state index in [1.165, 1.54) is 23.3 Å². The van der Waals surface area contributed by atoms with Crippen LogP contribution in [0.3, 0.4) is 0 Å². The summed E-state index contributed by atoms with van der Waals surface area (Å²) in [5.41, 5.74) is 5.35. The summed E-state index contributed by atoms with van der Waals surface area (Å²) in [5.74, 6) is -0.0841. The first-order valence-electron chi connectivity index (χ1n) is 10.4. The van der Waals surface area contributed by atoms with Gasteiger partial charge >= 0.3 is 0 Å². The molecular weight excluding hydrogens is 399 g/mol. The summed E-state index contributed by atoms with van der Waals surface area (Å²) in [4.78, 5) is 0. The van der Waals surface area contributed by atoms with Crippen molar-refractivity contribution in [3.8, 4) is 5.69 Å². The van der Waals surface area contributed by atoms with Crippen LogP contribution in [0.5, 0.6) is 0 Å². The van der Waals surface area contributed by atoms with E-state index in [0.717, 1.165) is 36.2 Å². The van der Waals surface area contributed by atoms with E-state index in [1.54, 1.807) is 12.1 Å². The molecule has 3 nitrogen and oxygen atoms in total. The highest BCUT2D eigenvalue weighted by Crippen LogP contribution is 2.54. The van der Waals surface area contributed by atoms with Crippen LogP contribution in [0.4, 0.5) is 4.39 Å². The van der Waals surface area contributed by atoms with Crippen LogP contribution in [0.25, 0.3) is 11.8 Å². The van der Waals surface area contributed by atoms with Gasteiger partial charge in [0.05, 0.1) is 23.7 Å². The lowest BCUT2D eigenvalue weighted by Gasteiger charge is -2.38. The fourth-order valence-electron chi connectivity index (χ4n) is 5.31. The third-order valence-corrected chi connectivity index (χ3v) is 7.32. The predicted molar refractivity (Wildman–Crippen MR) is 117 cm³/mol. The topological polar surface area (TPSA) is 38.0 Å². The second-order valence-electron chi connectivity index (χ2n) is 8.72. The minimum atomic E-state index is -0.450. The number of benzene rings is 2. The van der Waals surface area contributed by atoms with Gasteiger partial charge in [0.15, 0.2) is 0 Å². The highest BCUT2D eigenvalue weighted by molar-refractivity contribution is 6.31. The van der Waals surface area contributed by atoms with Crippen LogP contribution < -0.4 is 0 Å². The van der Waals surface area contributed by atoms with E-state index in [9.17, 15) is 9.50 Å². The van der Waals surface area contributed by atoms with Gasteiger partial charge in [-0.1, -0.05) is 42.3 Å². The molecule has 2 aromatic carbocycles. The lowest BCUT2D eigenvalue weighted by atomic mass is 9.67. The van der Waals surface area contributed by atoms with Gasteiger partial charge in [0.1, 0.15) is 5.82 Å². The number of aromatic nitrogens is 2. The quantitative estimate of drug-likeness (QED) is 0.592. The molecule has 0 spiro atoms. The van der Waals surface area contributed by atoms with Gasteiger partial charge in [-0.15, -0.1) is 0 Å². The van der Waals surface area contributed by atoms with Crippen molar-refractivity contribution in [1.29, 1.82) is 0 Å². The van der Waals surface area contributed by atoms with Crippen molar-refractivity contribution in [2.75, 3.05) is 0 Å². The Morgan fingerprint density at radius 3 is 2.77 bits per heavy atom. The number of allylic oxidation sites excluding steroid dienone is 1. The number of hydrogen-bond donors (Lipinski definition) is 1. The highest BCUT2D eigenvalue weighted by atomic mass is 35.5. The van der Waals surface area contributed by atoms with Gasteiger partial charge in [-0.3, -0.25) is 0 Å². The van der Waals surface area contributed by atoms with E-state index in [0.29, 0.717) is 11.4 Å². The molecule has 3 atom stereocenters. The zero-order chi connectivity index (χ0) is 20.9. The molecule has 2 aliphatic carbocycles. The van der Waals surface area contributed by atoms with Gasteiger partial charge in [0.25, 0.3) is 0 Å². The number of rotatable bonds is 4. The van der Waals surface area contributed by atoms with Crippen LogP contribution in [0, 0.1) is 17.2 Å². The lowest BCUT2D eigenvalue weighted by Crippen LogP contribution is -2.37. The molecule has 0 radical (unpaired) electrons. The van der Waals surface area contributed by atoms with Crippen LogP contribution in [0.2, 0.25) is 5.02 Å². The Hall–Kier alpha value is -2.43. The molecule has 0 saturated heterocycles. The molecule has 0 aliphatic heterocycles. The summed E-state index contributed by atoms with van der Waals surface area (Å²) in [6, 6.07) is 14.2. The van der Waals surface area contributed by atoms with E-state index in [4.69, 9.17) is 11.6 Å². The molecule has 0 unspecified atom stereocenters. The predicted octanol–water partition coefficient (Wildman–Crippen LogP) is 5.62. The number of nitrogens with zero attached hydrogens (tertiary/aromatic N) is 2. The normalized spacial score (nSPS) is 23.6. The summed E-state index contributed by atoms with van der Waals surface area (Å²) >= 11 is 6.33. The molecule has 0 amide bonds. The maximum Gasteiger partial charge on any atom is 0.123 e. The average Bonchev–Trinajstić information content (AvgIpc) is 3.28. The fraction of sp³-hybridized carbons (Fsp3) is 0.320. The SMILES string of the molecule is C[C@]12Cc3cnn(-c4ccc(F)cc4)c3C=C1CC[C@@H]2[C@@H](O)Cc1ccccc1Cl. The Labute approximate surface area is 180 Å². The standard InChI is InChI=1S/C25H24ClFN2O/c1-25-14-17-15-28-29(20-9-7-19(27)8-10-20)23(17)13-18(25)6-11-21(25)24(30)12-16-4-2-3-5-22(16)26/h2-5,7-10,13,15,21,24,30H,6,11-12,14H2,1H3/t21-,24+,25+/m1/s1.